The Morgan fingerprint density at radius 3 is 2.62 bits per heavy atom. The number of rotatable bonds is 5. The quantitative estimate of drug-likeness (QED) is 0.670. The predicted octanol–water partition coefficient (Wildman–Crippen LogP) is 2.63. The molecule has 0 fully saturated rings. The Balaban J connectivity index is 2.26. The number of nitro groups is 1. The summed E-state index contributed by atoms with van der Waals surface area (Å²) in [6, 6.07) is 6.55. The van der Waals surface area contributed by atoms with Crippen molar-refractivity contribution < 1.29 is 17.8 Å². The van der Waals surface area contributed by atoms with Crippen molar-refractivity contribution in [3.63, 3.8) is 0 Å². The molecule has 7 nitrogen and oxygen atoms in total. The first-order chi connectivity index (χ1) is 9.79. The van der Waals surface area contributed by atoms with Crippen LogP contribution in [0.25, 0.3) is 0 Å². The fraction of sp³-hybridized carbons (Fsp3) is 0.167. The maximum absolute atomic E-state index is 12.1. The summed E-state index contributed by atoms with van der Waals surface area (Å²) in [5, 5.41) is 10.6. The topological polar surface area (TPSA) is 102 Å². The van der Waals surface area contributed by atoms with Crippen LogP contribution in [0.15, 0.2) is 39.6 Å². The van der Waals surface area contributed by atoms with Crippen LogP contribution < -0.4 is 4.72 Å². The van der Waals surface area contributed by atoms with Gasteiger partial charge in [0.25, 0.3) is 5.69 Å². The third-order valence-electron chi connectivity index (χ3n) is 2.65. The molecule has 1 heterocycles. The molecule has 1 aromatic heterocycles. The number of furan rings is 1. The van der Waals surface area contributed by atoms with Gasteiger partial charge in [-0.3, -0.25) is 10.1 Å². The number of aryl methyl sites for hydroxylation is 1. The van der Waals surface area contributed by atoms with Gasteiger partial charge in [0.05, 0.1) is 16.5 Å². The number of hydrogen-bond acceptors (Lipinski definition) is 5. The zero-order chi connectivity index (χ0) is 15.6. The van der Waals surface area contributed by atoms with Crippen LogP contribution in [-0.4, -0.2) is 13.3 Å². The molecule has 1 N–H and O–H groups in total. The lowest BCUT2D eigenvalue weighted by Crippen LogP contribution is -2.23. The molecule has 0 unspecified atom stereocenters. The van der Waals surface area contributed by atoms with Gasteiger partial charge in [0.15, 0.2) is 0 Å². The standard InChI is InChI=1S/C12H11ClN2O5S/c1-8-2-4-10(20-8)7-14-21(18,19)12-6-9(15(16)17)3-5-11(12)13/h2-6,14H,7H2,1H3. The smallest absolute Gasteiger partial charge is 0.270 e. The molecule has 0 atom stereocenters. The number of benzene rings is 1. The Morgan fingerprint density at radius 2 is 2.05 bits per heavy atom. The highest BCUT2D eigenvalue weighted by molar-refractivity contribution is 7.89. The van der Waals surface area contributed by atoms with Crippen molar-refractivity contribution in [3.05, 3.63) is 57.0 Å². The minimum atomic E-state index is -3.98. The van der Waals surface area contributed by atoms with E-state index in [1.54, 1.807) is 19.1 Å². The molecule has 0 aliphatic carbocycles. The van der Waals surface area contributed by atoms with E-state index >= 15 is 0 Å². The highest BCUT2D eigenvalue weighted by Gasteiger charge is 2.21. The molecule has 0 aliphatic heterocycles. The second-order valence-corrected chi connectivity index (χ2v) is 6.35. The fourth-order valence-corrected chi connectivity index (χ4v) is 3.15. The van der Waals surface area contributed by atoms with E-state index in [4.69, 9.17) is 16.0 Å². The predicted molar refractivity (Wildman–Crippen MR) is 75.6 cm³/mol. The van der Waals surface area contributed by atoms with Crippen molar-refractivity contribution in [2.24, 2.45) is 0 Å². The number of nitrogens with zero attached hydrogens (tertiary/aromatic N) is 1. The van der Waals surface area contributed by atoms with E-state index in [-0.39, 0.29) is 22.2 Å². The Kier molecular flexibility index (Phi) is 4.31. The summed E-state index contributed by atoms with van der Waals surface area (Å²) in [4.78, 5) is 9.67. The second-order valence-electron chi connectivity index (χ2n) is 4.21. The summed E-state index contributed by atoms with van der Waals surface area (Å²) in [7, 11) is -3.98. The number of hydrogen-bond donors (Lipinski definition) is 1. The lowest BCUT2D eigenvalue weighted by molar-refractivity contribution is -0.385. The van der Waals surface area contributed by atoms with E-state index in [1.807, 2.05) is 0 Å². The number of sulfonamides is 1. The van der Waals surface area contributed by atoms with E-state index in [0.29, 0.717) is 11.5 Å². The van der Waals surface area contributed by atoms with Gasteiger partial charge in [-0.25, -0.2) is 13.1 Å². The molecule has 0 saturated heterocycles. The normalized spacial score (nSPS) is 11.5. The Labute approximate surface area is 125 Å². The van der Waals surface area contributed by atoms with Crippen LogP contribution in [0.2, 0.25) is 5.02 Å². The molecule has 0 amide bonds. The van der Waals surface area contributed by atoms with Crippen molar-refractivity contribution >= 4 is 27.3 Å². The van der Waals surface area contributed by atoms with Crippen molar-refractivity contribution in [1.29, 1.82) is 0 Å². The maximum Gasteiger partial charge on any atom is 0.270 e. The molecule has 0 bridgehead atoms. The van der Waals surface area contributed by atoms with Crippen LogP contribution in [0, 0.1) is 17.0 Å². The van der Waals surface area contributed by atoms with Gasteiger partial charge in [0.2, 0.25) is 10.0 Å². The summed E-state index contributed by atoms with van der Waals surface area (Å²) in [5.41, 5.74) is -0.353. The van der Waals surface area contributed by atoms with Gasteiger partial charge in [-0.2, -0.15) is 0 Å². The zero-order valence-electron chi connectivity index (χ0n) is 10.9. The molecule has 0 aliphatic rings. The molecule has 112 valence electrons. The number of non-ortho nitro benzene ring substituents is 1. The monoisotopic (exact) mass is 330 g/mol. The number of halogens is 1. The minimum absolute atomic E-state index is 0.0742. The average Bonchev–Trinajstić information content (AvgIpc) is 2.82. The Hall–Kier alpha value is -1.90. The lowest BCUT2D eigenvalue weighted by Gasteiger charge is -2.07. The Bertz CT molecular complexity index is 785. The molecule has 0 spiro atoms. The first kappa shape index (κ1) is 15.5. The second kappa shape index (κ2) is 5.84. The van der Waals surface area contributed by atoms with Gasteiger partial charge in [0, 0.05) is 12.1 Å². The van der Waals surface area contributed by atoms with E-state index in [1.165, 1.54) is 6.07 Å². The van der Waals surface area contributed by atoms with Crippen molar-refractivity contribution in [3.8, 4) is 0 Å². The molecule has 0 saturated carbocycles. The third kappa shape index (κ3) is 3.60. The molecular formula is C12H11ClN2O5S. The van der Waals surface area contributed by atoms with Gasteiger partial charge < -0.3 is 4.42 Å². The van der Waals surface area contributed by atoms with Gasteiger partial charge in [0.1, 0.15) is 16.4 Å². The molecule has 21 heavy (non-hydrogen) atoms. The summed E-state index contributed by atoms with van der Waals surface area (Å²) in [6.07, 6.45) is 0. The molecule has 1 aromatic carbocycles. The van der Waals surface area contributed by atoms with E-state index in [0.717, 1.165) is 12.1 Å². The zero-order valence-corrected chi connectivity index (χ0v) is 12.4. The van der Waals surface area contributed by atoms with Crippen LogP contribution in [0.1, 0.15) is 11.5 Å². The third-order valence-corrected chi connectivity index (χ3v) is 4.53. The van der Waals surface area contributed by atoms with Crippen LogP contribution in [0.4, 0.5) is 5.69 Å². The molecule has 2 rings (SSSR count). The van der Waals surface area contributed by atoms with E-state index in [2.05, 4.69) is 4.72 Å². The summed E-state index contributed by atoms with van der Waals surface area (Å²) in [6.45, 7) is 1.66. The summed E-state index contributed by atoms with van der Waals surface area (Å²) in [5.74, 6) is 1.08. The van der Waals surface area contributed by atoms with Crippen LogP contribution >= 0.6 is 11.6 Å². The van der Waals surface area contributed by atoms with Crippen molar-refractivity contribution in [2.45, 2.75) is 18.4 Å². The minimum Gasteiger partial charge on any atom is -0.465 e. The van der Waals surface area contributed by atoms with Crippen LogP contribution in [-0.2, 0) is 16.6 Å². The molecule has 2 aromatic rings. The number of nitro benzene ring substituents is 1. The average molecular weight is 331 g/mol. The largest absolute Gasteiger partial charge is 0.465 e. The highest BCUT2D eigenvalue weighted by atomic mass is 35.5. The maximum atomic E-state index is 12.1. The Morgan fingerprint density at radius 1 is 1.33 bits per heavy atom. The van der Waals surface area contributed by atoms with Gasteiger partial charge in [-0.15, -0.1) is 0 Å². The van der Waals surface area contributed by atoms with Crippen LogP contribution in [0.3, 0.4) is 0 Å². The first-order valence-electron chi connectivity index (χ1n) is 5.78. The van der Waals surface area contributed by atoms with Gasteiger partial charge in [-0.05, 0) is 25.1 Å². The van der Waals surface area contributed by atoms with Crippen LogP contribution in [0.5, 0.6) is 0 Å². The highest BCUT2D eigenvalue weighted by Crippen LogP contribution is 2.26. The van der Waals surface area contributed by atoms with E-state index in [9.17, 15) is 18.5 Å². The molecule has 0 radical (unpaired) electrons. The molecular weight excluding hydrogens is 320 g/mol. The summed E-state index contributed by atoms with van der Waals surface area (Å²) >= 11 is 5.81. The lowest BCUT2D eigenvalue weighted by atomic mass is 10.3. The summed E-state index contributed by atoms with van der Waals surface area (Å²) < 4.78 is 31.8. The number of nitrogens with one attached hydrogen (secondary N) is 1. The van der Waals surface area contributed by atoms with E-state index < -0.39 is 14.9 Å². The van der Waals surface area contributed by atoms with Gasteiger partial charge >= 0.3 is 0 Å². The first-order valence-corrected chi connectivity index (χ1v) is 7.64. The van der Waals surface area contributed by atoms with Gasteiger partial charge in [-0.1, -0.05) is 11.6 Å². The fourth-order valence-electron chi connectivity index (χ4n) is 1.64. The SMILES string of the molecule is Cc1ccc(CNS(=O)(=O)c2cc([N+](=O)[O-])ccc2Cl)o1. The van der Waals surface area contributed by atoms with Crippen molar-refractivity contribution in [1.82, 2.24) is 4.72 Å². The molecule has 9 heteroatoms. The van der Waals surface area contributed by atoms with Crippen molar-refractivity contribution in [2.75, 3.05) is 0 Å².